The van der Waals surface area contributed by atoms with Crippen LogP contribution in [0, 0.1) is 33.2 Å². The molecule has 2 rings (SSSR count). The van der Waals surface area contributed by atoms with Crippen LogP contribution in [-0.2, 0) is 19.5 Å². The zero-order chi connectivity index (χ0) is 13.1. The van der Waals surface area contributed by atoms with Crippen LogP contribution in [0.2, 0.25) is 0 Å². The van der Waals surface area contributed by atoms with Gasteiger partial charge in [-0.2, -0.15) is 57.4 Å². The molecule has 2 nitrogen and oxygen atoms in total. The van der Waals surface area contributed by atoms with E-state index in [4.69, 9.17) is 0 Å². The summed E-state index contributed by atoms with van der Waals surface area (Å²) in [5.41, 5.74) is 0. The molecule has 0 fully saturated rings. The number of aromatic amines is 2. The average molecular weight is 320 g/mol. The van der Waals surface area contributed by atoms with Gasteiger partial charge < -0.3 is 30.7 Å². The van der Waals surface area contributed by atoms with E-state index in [-0.39, 0.29) is 19.5 Å². The molecule has 0 atom stereocenters. The Bertz CT molecular complexity index is 153. The van der Waals surface area contributed by atoms with Gasteiger partial charge in [0.1, 0.15) is 0 Å². The quantitative estimate of drug-likeness (QED) is 0.540. The molecule has 0 saturated heterocycles. The number of aromatic nitrogens is 2. The summed E-state index contributed by atoms with van der Waals surface area (Å²) in [5.74, 6) is 0. The molecule has 0 bridgehead atoms. The zero-order valence-corrected chi connectivity index (χ0v) is 12.7. The molecule has 0 aliphatic heterocycles. The molecule has 3 heteroatoms. The van der Waals surface area contributed by atoms with E-state index in [0.29, 0.717) is 0 Å². The number of rotatable bonds is 0. The van der Waals surface area contributed by atoms with Crippen LogP contribution in [0.1, 0.15) is 20.8 Å². The fourth-order valence-electron chi connectivity index (χ4n) is 0.481. The minimum Gasteiger partial charge on any atom is -0.484 e. The maximum absolute atomic E-state index is 3.25. The van der Waals surface area contributed by atoms with Crippen molar-refractivity contribution in [2.45, 2.75) is 20.8 Å². The Morgan fingerprint density at radius 2 is 1.00 bits per heavy atom. The van der Waals surface area contributed by atoms with Gasteiger partial charge in [-0.1, -0.05) is 0 Å². The molecule has 2 heterocycles. The first-order valence-electron chi connectivity index (χ1n) is 5.11. The maximum Gasteiger partial charge on any atom is 5.00 e. The summed E-state index contributed by atoms with van der Waals surface area (Å²) in [4.78, 5) is 5.47. The molecule has 0 unspecified atom stereocenters. The van der Waals surface area contributed by atoms with Crippen LogP contribution in [-0.4, -0.2) is 9.97 Å². The number of nitrogens with one attached hydrogen (secondary N) is 2. The monoisotopic (exact) mass is 321 g/mol. The van der Waals surface area contributed by atoms with Crippen molar-refractivity contribution in [2.75, 3.05) is 0 Å². The normalized spacial score (nSPS) is 5.76. The van der Waals surface area contributed by atoms with Crippen LogP contribution in [0.25, 0.3) is 0 Å². The van der Waals surface area contributed by atoms with Gasteiger partial charge in [-0.05, 0) is 0 Å². The Kier molecular flexibility index (Phi) is 53.5. The van der Waals surface area contributed by atoms with Crippen LogP contribution in [0.5, 0.6) is 0 Å². The van der Waals surface area contributed by atoms with Crippen molar-refractivity contribution in [3.05, 3.63) is 69.8 Å². The Hall–Kier alpha value is -0.817. The molecular formula is C14H23N2Ru. The Morgan fingerprint density at radius 3 is 1.06 bits per heavy atom. The van der Waals surface area contributed by atoms with Crippen LogP contribution in [0.3, 0.4) is 0 Å². The topological polar surface area (TPSA) is 31.6 Å². The van der Waals surface area contributed by atoms with Gasteiger partial charge in [-0.15, -0.1) is 12.4 Å². The van der Waals surface area contributed by atoms with E-state index in [9.17, 15) is 0 Å². The van der Waals surface area contributed by atoms with Crippen molar-refractivity contribution in [1.82, 2.24) is 9.97 Å². The molecule has 2 aromatic rings. The van der Waals surface area contributed by atoms with Gasteiger partial charge in [-0.25, -0.2) is 0 Å². The van der Waals surface area contributed by atoms with Gasteiger partial charge in [0.15, 0.2) is 0 Å². The van der Waals surface area contributed by atoms with E-state index >= 15 is 0 Å². The summed E-state index contributed by atoms with van der Waals surface area (Å²) >= 11 is 0. The molecule has 97 valence electrons. The molecular weight excluding hydrogens is 297 g/mol. The van der Waals surface area contributed by atoms with Gasteiger partial charge in [0, 0.05) is 0 Å². The average Bonchev–Trinajstić information content (AvgIpc) is 3.14. The maximum atomic E-state index is 3.25. The van der Waals surface area contributed by atoms with Crippen LogP contribution in [0.4, 0.5) is 0 Å². The second-order valence-corrected chi connectivity index (χ2v) is 1.63. The smallest absolute Gasteiger partial charge is 0.484 e. The number of H-pyrrole nitrogens is 2. The summed E-state index contributed by atoms with van der Waals surface area (Å²) in [7, 11) is 0. The van der Waals surface area contributed by atoms with Gasteiger partial charge in [0.05, 0.1) is 0 Å². The third-order valence-electron chi connectivity index (χ3n) is 0.885. The Balaban J connectivity index is -0.0000000672. The molecule has 0 spiro atoms. The van der Waals surface area contributed by atoms with E-state index in [1.54, 1.807) is 20.8 Å². The van der Waals surface area contributed by atoms with Crippen LogP contribution in [0.15, 0.2) is 36.7 Å². The van der Waals surface area contributed by atoms with Crippen LogP contribution >= 0.6 is 0 Å². The van der Waals surface area contributed by atoms with Gasteiger partial charge in [-0.3, -0.25) is 0 Å². The van der Waals surface area contributed by atoms with Crippen molar-refractivity contribution in [3.8, 4) is 0 Å². The summed E-state index contributed by atoms with van der Waals surface area (Å²) in [6, 6.07) is 7.42. The molecule has 0 saturated carbocycles. The predicted molar refractivity (Wildman–Crippen MR) is 72.4 cm³/mol. The second-order valence-electron chi connectivity index (χ2n) is 1.63. The van der Waals surface area contributed by atoms with Crippen molar-refractivity contribution in [2.24, 2.45) is 0 Å². The summed E-state index contributed by atoms with van der Waals surface area (Å²) < 4.78 is 0. The largest absolute Gasteiger partial charge is 5.00 e. The fourth-order valence-corrected chi connectivity index (χ4v) is 0.481. The minimum atomic E-state index is 0. The molecule has 0 aliphatic carbocycles. The number of hydrogen-bond donors (Lipinski definition) is 2. The van der Waals surface area contributed by atoms with Gasteiger partial charge in [0.2, 0.25) is 0 Å². The first-order chi connectivity index (χ1) is 8.00. The van der Waals surface area contributed by atoms with E-state index in [0.717, 1.165) is 0 Å². The summed E-state index contributed by atoms with van der Waals surface area (Å²) in [6.45, 7) is 15.0. The first kappa shape index (κ1) is 25.1. The standard InChI is InChI=1S/2C4H4N.3C2H5.Ru/c2*1-2-4-5-3-1;3*1-2;/h2*1-3,5H;3*1H2,2H3;/q5*-1;+5. The first-order valence-corrected chi connectivity index (χ1v) is 5.11. The minimum absolute atomic E-state index is 0. The summed E-state index contributed by atoms with van der Waals surface area (Å²) in [6.07, 6.45) is 9.11. The molecule has 2 aromatic heterocycles. The second kappa shape index (κ2) is 36.2. The third kappa shape index (κ3) is 31.3. The SMILES string of the molecule is [CH2-]C.[CH2-]C.[CH2-]C.[Ru+5].[c-]1ccc[nH]1.[c-]1ccc[nH]1. The molecule has 0 amide bonds. The van der Waals surface area contributed by atoms with E-state index < -0.39 is 0 Å². The fraction of sp³-hybridized carbons (Fsp3) is 0.214. The molecule has 2 N–H and O–H groups in total. The van der Waals surface area contributed by atoms with E-state index in [1.165, 1.54) is 0 Å². The van der Waals surface area contributed by atoms with Gasteiger partial charge >= 0.3 is 19.5 Å². The van der Waals surface area contributed by atoms with Gasteiger partial charge in [0.25, 0.3) is 0 Å². The molecule has 1 radical (unpaired) electrons. The van der Waals surface area contributed by atoms with Crippen molar-refractivity contribution in [3.63, 3.8) is 0 Å². The van der Waals surface area contributed by atoms with E-state index in [1.807, 2.05) is 36.7 Å². The van der Waals surface area contributed by atoms with E-state index in [2.05, 4.69) is 43.1 Å². The summed E-state index contributed by atoms with van der Waals surface area (Å²) in [5, 5.41) is 0. The predicted octanol–water partition coefficient (Wildman–Crippen LogP) is 4.15. The Labute approximate surface area is 120 Å². The zero-order valence-electron chi connectivity index (χ0n) is 10.9. The van der Waals surface area contributed by atoms with Crippen molar-refractivity contribution < 1.29 is 19.5 Å². The van der Waals surface area contributed by atoms with Crippen LogP contribution < -0.4 is 0 Å². The molecule has 17 heavy (non-hydrogen) atoms. The number of hydrogen-bond acceptors (Lipinski definition) is 0. The van der Waals surface area contributed by atoms with Crippen molar-refractivity contribution in [1.29, 1.82) is 0 Å². The molecule has 0 aliphatic rings. The van der Waals surface area contributed by atoms with Crippen molar-refractivity contribution >= 4 is 0 Å². The Morgan fingerprint density at radius 1 is 0.706 bits per heavy atom. The third-order valence-corrected chi connectivity index (χ3v) is 0.885. The molecule has 0 aromatic carbocycles.